The molecule has 3 aromatic heterocycles. The van der Waals surface area contributed by atoms with Crippen LogP contribution in [0.5, 0.6) is 0 Å². The van der Waals surface area contributed by atoms with Crippen molar-refractivity contribution in [1.29, 1.82) is 0 Å². The van der Waals surface area contributed by atoms with E-state index in [2.05, 4.69) is 19.9 Å². The lowest BCUT2D eigenvalue weighted by Gasteiger charge is -2.29. The van der Waals surface area contributed by atoms with E-state index in [1.165, 1.54) is 0 Å². The highest BCUT2D eigenvalue weighted by Gasteiger charge is 2.27. The fourth-order valence-corrected chi connectivity index (χ4v) is 4.41. The number of aliphatic hydroxyl groups is 1. The summed E-state index contributed by atoms with van der Waals surface area (Å²) in [6.45, 7) is 1.78. The van der Waals surface area contributed by atoms with E-state index >= 15 is 0 Å². The highest BCUT2D eigenvalue weighted by atomic mass is 32.1. The third kappa shape index (κ3) is 2.14. The van der Waals surface area contributed by atoms with E-state index in [9.17, 15) is 5.11 Å². The number of thiophene rings is 1. The molecule has 3 N–H and O–H groups in total. The van der Waals surface area contributed by atoms with Gasteiger partial charge < -0.3 is 15.4 Å². The second-order valence-corrected chi connectivity index (χ2v) is 7.13. The number of nitrogens with zero attached hydrogens (tertiary/aromatic N) is 3. The molecule has 3 aromatic rings. The fraction of sp³-hybridized carbons (Fsp3) is 0.500. The van der Waals surface area contributed by atoms with Crippen LogP contribution in [0.25, 0.3) is 21.3 Å². The zero-order chi connectivity index (χ0) is 15.3. The summed E-state index contributed by atoms with van der Waals surface area (Å²) >= 11 is 1.69. The van der Waals surface area contributed by atoms with Gasteiger partial charge in [-0.15, -0.1) is 11.3 Å². The summed E-state index contributed by atoms with van der Waals surface area (Å²) in [7, 11) is 0. The third-order valence-electron chi connectivity index (χ3n) is 4.63. The van der Waals surface area contributed by atoms with Crippen LogP contribution in [0.4, 0.5) is 0 Å². The monoisotopic (exact) mass is 316 g/mol. The summed E-state index contributed by atoms with van der Waals surface area (Å²) in [5.74, 6) is 0.748. The Balaban J connectivity index is 1.96. The number of hydrogen-bond donors (Lipinski definition) is 2. The Hall–Kier alpha value is -1.50. The van der Waals surface area contributed by atoms with E-state index in [0.29, 0.717) is 12.1 Å². The second kappa shape index (κ2) is 5.30. The molecule has 1 unspecified atom stereocenters. The maximum absolute atomic E-state index is 10.2. The fourth-order valence-electron chi connectivity index (χ4n) is 3.52. The molecule has 1 aliphatic rings. The molecule has 1 atom stereocenters. The topological polar surface area (TPSA) is 77.0 Å². The molecule has 4 rings (SSSR count). The Kier molecular flexibility index (Phi) is 3.40. The lowest BCUT2D eigenvalue weighted by Crippen LogP contribution is -2.28. The third-order valence-corrected chi connectivity index (χ3v) is 5.54. The predicted octanol–water partition coefficient (Wildman–Crippen LogP) is 3.14. The molecule has 5 nitrogen and oxygen atoms in total. The zero-order valence-electron chi connectivity index (χ0n) is 12.6. The van der Waals surface area contributed by atoms with Gasteiger partial charge in [0.1, 0.15) is 17.4 Å². The van der Waals surface area contributed by atoms with E-state index in [4.69, 9.17) is 5.73 Å². The summed E-state index contributed by atoms with van der Waals surface area (Å²) in [5, 5.41) is 12.2. The van der Waals surface area contributed by atoms with Crippen molar-refractivity contribution in [2.24, 2.45) is 5.73 Å². The molecule has 1 aliphatic carbocycles. The number of hydrogen-bond acceptors (Lipinski definition) is 5. The molecule has 116 valence electrons. The van der Waals surface area contributed by atoms with Crippen LogP contribution in [0.2, 0.25) is 0 Å². The molecule has 0 saturated heterocycles. The van der Waals surface area contributed by atoms with Crippen molar-refractivity contribution in [3.63, 3.8) is 0 Å². The standard InChI is InChI=1S/C16H20N4OS/c1-9(21)16-19-13-8-18-12-6-7-22-15(12)14(13)20(16)11-4-2-10(17)3-5-11/h6-11,21H,2-5,17H2,1H3. The first kappa shape index (κ1) is 14.1. The summed E-state index contributed by atoms with van der Waals surface area (Å²) in [5.41, 5.74) is 9.05. The normalized spacial score (nSPS) is 24.1. The van der Waals surface area contributed by atoms with Crippen LogP contribution in [0.1, 0.15) is 50.6 Å². The highest BCUT2D eigenvalue weighted by molar-refractivity contribution is 7.18. The lowest BCUT2D eigenvalue weighted by atomic mass is 9.91. The van der Waals surface area contributed by atoms with E-state index < -0.39 is 6.10 Å². The Labute approximate surface area is 132 Å². The minimum Gasteiger partial charge on any atom is -0.385 e. The predicted molar refractivity (Wildman–Crippen MR) is 89.0 cm³/mol. The van der Waals surface area contributed by atoms with Gasteiger partial charge in [0, 0.05) is 12.1 Å². The van der Waals surface area contributed by atoms with Crippen LogP contribution in [-0.2, 0) is 0 Å². The summed E-state index contributed by atoms with van der Waals surface area (Å²) in [4.78, 5) is 9.14. The molecule has 22 heavy (non-hydrogen) atoms. The van der Waals surface area contributed by atoms with Crippen molar-refractivity contribution in [2.75, 3.05) is 0 Å². The largest absolute Gasteiger partial charge is 0.385 e. The van der Waals surface area contributed by atoms with Gasteiger partial charge in [0.2, 0.25) is 0 Å². The minimum atomic E-state index is -0.585. The summed E-state index contributed by atoms with van der Waals surface area (Å²) in [6, 6.07) is 2.71. The van der Waals surface area contributed by atoms with Crippen molar-refractivity contribution in [2.45, 2.75) is 50.8 Å². The van der Waals surface area contributed by atoms with Crippen LogP contribution in [0, 0.1) is 0 Å². The van der Waals surface area contributed by atoms with Crippen molar-refractivity contribution >= 4 is 32.6 Å². The van der Waals surface area contributed by atoms with Crippen molar-refractivity contribution in [3.8, 4) is 0 Å². The number of rotatable bonds is 2. The first-order valence-corrected chi connectivity index (χ1v) is 8.71. The second-order valence-electron chi connectivity index (χ2n) is 6.21. The van der Waals surface area contributed by atoms with Crippen molar-refractivity contribution < 1.29 is 5.11 Å². The van der Waals surface area contributed by atoms with Gasteiger partial charge in [0.25, 0.3) is 0 Å². The van der Waals surface area contributed by atoms with Gasteiger partial charge in [0.15, 0.2) is 0 Å². The van der Waals surface area contributed by atoms with E-state index in [-0.39, 0.29) is 0 Å². The number of nitrogens with two attached hydrogens (primary N) is 1. The smallest absolute Gasteiger partial charge is 0.138 e. The molecule has 0 bridgehead atoms. The van der Waals surface area contributed by atoms with Gasteiger partial charge in [-0.05, 0) is 44.1 Å². The van der Waals surface area contributed by atoms with Gasteiger partial charge in [-0.2, -0.15) is 0 Å². The summed E-state index contributed by atoms with van der Waals surface area (Å²) < 4.78 is 3.42. The Morgan fingerprint density at radius 3 is 2.82 bits per heavy atom. The average Bonchev–Trinajstić information content (AvgIpc) is 3.11. The lowest BCUT2D eigenvalue weighted by molar-refractivity contribution is 0.177. The van der Waals surface area contributed by atoms with Gasteiger partial charge in [-0.3, -0.25) is 4.98 Å². The van der Waals surface area contributed by atoms with Gasteiger partial charge in [0.05, 0.1) is 21.9 Å². The molecule has 0 aliphatic heterocycles. The van der Waals surface area contributed by atoms with Crippen LogP contribution in [0.3, 0.4) is 0 Å². The maximum Gasteiger partial charge on any atom is 0.138 e. The summed E-state index contributed by atoms with van der Waals surface area (Å²) in [6.07, 6.45) is 5.38. The van der Waals surface area contributed by atoms with E-state index in [0.717, 1.165) is 52.8 Å². The quantitative estimate of drug-likeness (QED) is 0.761. The molecule has 6 heteroatoms. The van der Waals surface area contributed by atoms with Crippen molar-refractivity contribution in [3.05, 3.63) is 23.5 Å². The number of aliphatic hydroxyl groups excluding tert-OH is 1. The number of aromatic nitrogens is 3. The molecular weight excluding hydrogens is 296 g/mol. The van der Waals surface area contributed by atoms with Crippen LogP contribution >= 0.6 is 11.3 Å². The SMILES string of the molecule is CC(O)c1nc2cnc3ccsc3c2n1C1CCC(N)CC1. The number of imidazole rings is 1. The van der Waals surface area contributed by atoms with Crippen LogP contribution in [-0.4, -0.2) is 25.7 Å². The molecular formula is C16H20N4OS. The highest BCUT2D eigenvalue weighted by Crippen LogP contribution is 2.37. The number of fused-ring (bicyclic) bond motifs is 3. The van der Waals surface area contributed by atoms with E-state index in [1.807, 2.05) is 12.3 Å². The molecule has 3 heterocycles. The van der Waals surface area contributed by atoms with Crippen LogP contribution in [0.15, 0.2) is 17.6 Å². The first-order chi connectivity index (χ1) is 10.6. The molecule has 1 fully saturated rings. The Bertz CT molecular complexity index is 814. The minimum absolute atomic E-state index is 0.310. The molecule has 1 saturated carbocycles. The first-order valence-electron chi connectivity index (χ1n) is 7.83. The molecule has 0 radical (unpaired) electrons. The van der Waals surface area contributed by atoms with Gasteiger partial charge in [-0.1, -0.05) is 0 Å². The number of pyridine rings is 1. The van der Waals surface area contributed by atoms with Crippen molar-refractivity contribution in [1.82, 2.24) is 14.5 Å². The molecule has 0 spiro atoms. The Morgan fingerprint density at radius 2 is 2.09 bits per heavy atom. The van der Waals surface area contributed by atoms with Crippen LogP contribution < -0.4 is 5.73 Å². The van der Waals surface area contributed by atoms with Gasteiger partial charge in [-0.25, -0.2) is 4.98 Å². The molecule has 0 aromatic carbocycles. The molecule has 0 amide bonds. The zero-order valence-corrected chi connectivity index (χ0v) is 13.4. The average molecular weight is 316 g/mol. The van der Waals surface area contributed by atoms with Gasteiger partial charge >= 0.3 is 0 Å². The van der Waals surface area contributed by atoms with E-state index in [1.54, 1.807) is 18.3 Å². The maximum atomic E-state index is 10.2. The Morgan fingerprint density at radius 1 is 1.32 bits per heavy atom.